The van der Waals surface area contributed by atoms with E-state index in [1.54, 1.807) is 55.5 Å². The number of carboxylic acid groups (broad SMARTS) is 1. The number of hydrogen-bond donors (Lipinski definition) is 1. The number of halogens is 3. The third-order valence-electron chi connectivity index (χ3n) is 7.65. The first-order valence-corrected chi connectivity index (χ1v) is 16.1. The number of anilines is 1. The molecule has 1 saturated heterocycles. The van der Waals surface area contributed by atoms with Gasteiger partial charge in [-0.1, -0.05) is 54.4 Å². The minimum Gasteiger partial charge on any atom is -0.481 e. The number of benzene rings is 2. The monoisotopic (exact) mass is 649 g/mol. The highest BCUT2D eigenvalue weighted by Gasteiger charge is 2.49. The van der Waals surface area contributed by atoms with Gasteiger partial charge in [-0.2, -0.15) is 0 Å². The predicted octanol–water partition coefficient (Wildman–Crippen LogP) is 5.79. The number of nitrogens with zero attached hydrogens (tertiary/aromatic N) is 3. The zero-order valence-electron chi connectivity index (χ0n) is 23.1. The summed E-state index contributed by atoms with van der Waals surface area (Å²) in [6.07, 6.45) is -0.437. The number of amides is 1. The van der Waals surface area contributed by atoms with Crippen molar-refractivity contribution >= 4 is 50.9 Å². The van der Waals surface area contributed by atoms with E-state index in [0.29, 0.717) is 34.0 Å². The standard InChI is InChI=1S/C30H30Cl2FN3O6S/c1-2-22(17-35(43(40,41)23-12-13-23)29-24(33)7-4-14-34-29)36-27(18-8-10-20(31)11-9-18)28(19-5-3-6-21(32)15-19)42-25(30(36)39)16-26(37)38/h3-11,14-15,22-23,25,27-28H,2,12-13,16-17H2,1H3,(H,37,38)/t22-,25?,27+,28?/m1/s1. The Morgan fingerprint density at radius 3 is 2.44 bits per heavy atom. The van der Waals surface area contributed by atoms with E-state index in [1.165, 1.54) is 17.2 Å². The van der Waals surface area contributed by atoms with Gasteiger partial charge in [0.2, 0.25) is 10.0 Å². The highest BCUT2D eigenvalue weighted by Crippen LogP contribution is 2.45. The molecule has 1 N–H and O–H groups in total. The van der Waals surface area contributed by atoms with Crippen LogP contribution in [0.4, 0.5) is 10.2 Å². The lowest BCUT2D eigenvalue weighted by Crippen LogP contribution is -2.58. The third-order valence-corrected chi connectivity index (χ3v) is 10.4. The number of carbonyl (C=O) groups is 2. The maximum Gasteiger partial charge on any atom is 0.306 e. The van der Waals surface area contributed by atoms with E-state index < -0.39 is 63.7 Å². The molecule has 5 rings (SSSR count). The van der Waals surface area contributed by atoms with Crippen molar-refractivity contribution in [2.75, 3.05) is 10.8 Å². The van der Waals surface area contributed by atoms with Crippen molar-refractivity contribution in [3.63, 3.8) is 0 Å². The van der Waals surface area contributed by atoms with Crippen molar-refractivity contribution in [3.8, 4) is 0 Å². The quantitative estimate of drug-likeness (QED) is 0.279. The number of aliphatic carboxylic acids is 1. The van der Waals surface area contributed by atoms with Gasteiger partial charge in [0.1, 0.15) is 12.2 Å². The molecule has 1 aliphatic heterocycles. The molecule has 4 atom stereocenters. The average molecular weight is 651 g/mol. The number of morpholine rings is 1. The van der Waals surface area contributed by atoms with Gasteiger partial charge in [-0.15, -0.1) is 0 Å². The second-order valence-electron chi connectivity index (χ2n) is 10.6. The fraction of sp³-hybridized carbons (Fsp3) is 0.367. The summed E-state index contributed by atoms with van der Waals surface area (Å²) >= 11 is 12.5. The number of pyridine rings is 1. The lowest BCUT2D eigenvalue weighted by molar-refractivity contribution is -0.183. The van der Waals surface area contributed by atoms with E-state index in [-0.39, 0.29) is 18.8 Å². The topological polar surface area (TPSA) is 117 Å². The van der Waals surface area contributed by atoms with Crippen molar-refractivity contribution in [3.05, 3.63) is 93.8 Å². The molecule has 43 heavy (non-hydrogen) atoms. The van der Waals surface area contributed by atoms with Crippen LogP contribution in [0, 0.1) is 5.82 Å². The average Bonchev–Trinajstić information content (AvgIpc) is 3.82. The Bertz CT molecular complexity index is 1610. The van der Waals surface area contributed by atoms with Gasteiger partial charge >= 0.3 is 5.97 Å². The summed E-state index contributed by atoms with van der Waals surface area (Å²) < 4.78 is 49.6. The lowest BCUT2D eigenvalue weighted by atomic mass is 9.89. The molecule has 13 heteroatoms. The number of rotatable bonds is 11. The van der Waals surface area contributed by atoms with Crippen LogP contribution in [0.1, 0.15) is 55.9 Å². The molecular formula is C30H30Cl2FN3O6S. The van der Waals surface area contributed by atoms with E-state index in [4.69, 9.17) is 27.9 Å². The second-order valence-corrected chi connectivity index (χ2v) is 13.6. The molecule has 2 fully saturated rings. The summed E-state index contributed by atoms with van der Waals surface area (Å²) in [7, 11) is -4.02. The zero-order valence-corrected chi connectivity index (χ0v) is 25.5. The van der Waals surface area contributed by atoms with Gasteiger partial charge in [-0.3, -0.25) is 9.59 Å². The summed E-state index contributed by atoms with van der Waals surface area (Å²) in [5.41, 5.74) is 1.21. The molecule has 2 aromatic carbocycles. The van der Waals surface area contributed by atoms with Gasteiger partial charge in [0.25, 0.3) is 5.91 Å². The first kappa shape index (κ1) is 31.2. The van der Waals surface area contributed by atoms with E-state index >= 15 is 4.39 Å². The molecule has 3 aromatic rings. The van der Waals surface area contributed by atoms with Crippen LogP contribution in [-0.4, -0.2) is 59.2 Å². The van der Waals surface area contributed by atoms with E-state index in [1.807, 2.05) is 0 Å². The maximum absolute atomic E-state index is 15.1. The van der Waals surface area contributed by atoms with Gasteiger partial charge in [0.15, 0.2) is 11.6 Å². The van der Waals surface area contributed by atoms with Gasteiger partial charge in [0.05, 0.1) is 30.3 Å². The van der Waals surface area contributed by atoms with Crippen LogP contribution in [0.25, 0.3) is 0 Å². The first-order valence-electron chi connectivity index (χ1n) is 13.8. The fourth-order valence-corrected chi connectivity index (χ4v) is 7.59. The highest BCUT2D eigenvalue weighted by molar-refractivity contribution is 7.93. The van der Waals surface area contributed by atoms with Crippen LogP contribution in [0.2, 0.25) is 10.0 Å². The molecule has 1 aliphatic carbocycles. The van der Waals surface area contributed by atoms with Crippen molar-refractivity contribution in [2.45, 2.75) is 62.1 Å². The fourth-order valence-electron chi connectivity index (χ4n) is 5.42. The van der Waals surface area contributed by atoms with Gasteiger partial charge in [0, 0.05) is 16.2 Å². The zero-order chi connectivity index (χ0) is 30.9. The Morgan fingerprint density at radius 2 is 1.84 bits per heavy atom. The first-order chi connectivity index (χ1) is 20.5. The largest absolute Gasteiger partial charge is 0.481 e. The number of aromatic nitrogens is 1. The van der Waals surface area contributed by atoms with E-state index in [9.17, 15) is 23.1 Å². The van der Waals surface area contributed by atoms with Crippen LogP contribution in [0.5, 0.6) is 0 Å². The molecule has 9 nitrogen and oxygen atoms in total. The Labute approximate surface area is 259 Å². The Kier molecular flexibility index (Phi) is 9.26. The summed E-state index contributed by atoms with van der Waals surface area (Å²) in [4.78, 5) is 31.5. The Balaban J connectivity index is 1.66. The Hall–Kier alpha value is -3.25. The molecule has 1 amide bonds. The van der Waals surface area contributed by atoms with Gasteiger partial charge in [-0.25, -0.2) is 22.1 Å². The van der Waals surface area contributed by atoms with Crippen molar-refractivity contribution < 1.29 is 32.2 Å². The minimum absolute atomic E-state index is 0.253. The number of carbonyl (C=O) groups excluding carboxylic acids is 1. The van der Waals surface area contributed by atoms with Crippen LogP contribution >= 0.6 is 23.2 Å². The smallest absolute Gasteiger partial charge is 0.306 e. The van der Waals surface area contributed by atoms with Crippen molar-refractivity contribution in [1.29, 1.82) is 0 Å². The molecule has 1 aromatic heterocycles. The van der Waals surface area contributed by atoms with Crippen molar-refractivity contribution in [2.24, 2.45) is 0 Å². The SMILES string of the molecule is CC[C@H](CN(c1ncccc1F)S(=O)(=O)C1CC1)N1C(=O)C(CC(=O)O)OC(c2cccc(Cl)c2)[C@@H]1c1ccc(Cl)cc1. The molecule has 0 radical (unpaired) electrons. The normalized spacial score (nSPS) is 21.4. The van der Waals surface area contributed by atoms with Gasteiger partial charge < -0.3 is 14.7 Å². The third kappa shape index (κ3) is 6.64. The summed E-state index contributed by atoms with van der Waals surface area (Å²) in [5.74, 6) is -3.04. The second kappa shape index (κ2) is 12.8. The summed E-state index contributed by atoms with van der Waals surface area (Å²) in [6, 6.07) is 14.5. The predicted molar refractivity (Wildman–Crippen MR) is 160 cm³/mol. The number of hydrogen-bond acceptors (Lipinski definition) is 6. The number of carboxylic acids is 1. The maximum atomic E-state index is 15.1. The summed E-state index contributed by atoms with van der Waals surface area (Å²) in [5, 5.41) is 9.84. The molecular weight excluding hydrogens is 620 g/mol. The van der Waals surface area contributed by atoms with Crippen LogP contribution < -0.4 is 4.31 Å². The van der Waals surface area contributed by atoms with Crippen molar-refractivity contribution in [1.82, 2.24) is 9.88 Å². The molecule has 2 aliphatic rings. The number of ether oxygens (including phenoxy) is 1. The minimum atomic E-state index is -4.02. The van der Waals surface area contributed by atoms with Crippen LogP contribution in [-0.2, 0) is 24.3 Å². The summed E-state index contributed by atoms with van der Waals surface area (Å²) in [6.45, 7) is 1.48. The van der Waals surface area contributed by atoms with E-state index in [0.717, 1.165) is 10.4 Å². The molecule has 228 valence electrons. The number of sulfonamides is 1. The molecule has 2 heterocycles. The Morgan fingerprint density at radius 1 is 1.12 bits per heavy atom. The van der Waals surface area contributed by atoms with Gasteiger partial charge in [-0.05, 0) is 66.8 Å². The lowest BCUT2D eigenvalue weighted by Gasteiger charge is -2.48. The van der Waals surface area contributed by atoms with E-state index in [2.05, 4.69) is 4.98 Å². The molecule has 2 unspecified atom stereocenters. The molecule has 1 saturated carbocycles. The molecule has 0 bridgehead atoms. The highest BCUT2D eigenvalue weighted by atomic mass is 35.5. The van der Waals surface area contributed by atoms with Crippen LogP contribution in [0.3, 0.4) is 0 Å². The molecule has 0 spiro atoms. The van der Waals surface area contributed by atoms with Crippen LogP contribution in [0.15, 0.2) is 66.9 Å².